The number of hydrogen-bond acceptors (Lipinski definition) is 3. The molecule has 0 aliphatic rings. The molecule has 0 fully saturated rings. The minimum Gasteiger partial charge on any atom is -0.396 e. The number of benzene rings is 1. The van der Waals surface area contributed by atoms with E-state index in [9.17, 15) is 26.0 Å². The zero-order valence-corrected chi connectivity index (χ0v) is 10.1. The first-order chi connectivity index (χ1) is 8.03. The van der Waals surface area contributed by atoms with Crippen LogP contribution in [0.3, 0.4) is 0 Å². The number of halogens is 5. The first-order valence-electron chi connectivity index (χ1n) is 4.34. The lowest BCUT2D eigenvalue weighted by Crippen LogP contribution is -2.34. The van der Waals surface area contributed by atoms with Crippen molar-refractivity contribution >= 4 is 27.3 Å². The molecular formula is C8H7ClF4N2O2S. The van der Waals surface area contributed by atoms with E-state index in [1.54, 1.807) is 0 Å². The van der Waals surface area contributed by atoms with Gasteiger partial charge in [-0.25, -0.2) is 17.5 Å². The van der Waals surface area contributed by atoms with Crippen molar-refractivity contribution in [1.29, 1.82) is 0 Å². The Morgan fingerprint density at radius 3 is 2.39 bits per heavy atom. The van der Waals surface area contributed by atoms with Gasteiger partial charge in [0.05, 0.1) is 10.7 Å². The molecule has 0 saturated carbocycles. The molecule has 1 aromatic rings. The van der Waals surface area contributed by atoms with Crippen LogP contribution >= 0.6 is 11.6 Å². The van der Waals surface area contributed by atoms with Crippen LogP contribution in [0.4, 0.5) is 23.2 Å². The number of nitrogen functional groups attached to an aromatic ring is 1. The van der Waals surface area contributed by atoms with Crippen LogP contribution in [0.5, 0.6) is 0 Å². The molecule has 0 unspecified atom stereocenters. The molecule has 0 amide bonds. The lowest BCUT2D eigenvalue weighted by Gasteiger charge is -2.11. The van der Waals surface area contributed by atoms with E-state index >= 15 is 0 Å². The van der Waals surface area contributed by atoms with Crippen LogP contribution in [0, 0.1) is 5.82 Å². The van der Waals surface area contributed by atoms with Crippen molar-refractivity contribution < 1.29 is 26.0 Å². The largest absolute Gasteiger partial charge is 0.402 e. The van der Waals surface area contributed by atoms with Gasteiger partial charge < -0.3 is 5.73 Å². The number of anilines is 1. The van der Waals surface area contributed by atoms with E-state index in [1.165, 1.54) is 4.72 Å². The van der Waals surface area contributed by atoms with Crippen molar-refractivity contribution in [2.75, 3.05) is 12.3 Å². The monoisotopic (exact) mass is 306 g/mol. The molecule has 0 aromatic heterocycles. The predicted molar refractivity (Wildman–Crippen MR) is 57.1 cm³/mol. The minimum atomic E-state index is -4.72. The van der Waals surface area contributed by atoms with Crippen LogP contribution in [0.15, 0.2) is 17.0 Å². The lowest BCUT2D eigenvalue weighted by molar-refractivity contribution is -0.121. The normalized spacial score (nSPS) is 12.7. The SMILES string of the molecule is Nc1cc(S(=O)(=O)NCC(F)(F)F)c(Cl)cc1F. The van der Waals surface area contributed by atoms with Gasteiger partial charge in [0.1, 0.15) is 17.3 Å². The molecule has 4 nitrogen and oxygen atoms in total. The van der Waals surface area contributed by atoms with Crippen LogP contribution in [-0.4, -0.2) is 21.1 Å². The van der Waals surface area contributed by atoms with E-state index in [0.717, 1.165) is 0 Å². The number of sulfonamides is 1. The Hall–Kier alpha value is -1.06. The van der Waals surface area contributed by atoms with E-state index in [1.807, 2.05) is 0 Å². The summed E-state index contributed by atoms with van der Waals surface area (Å²) in [5.41, 5.74) is 4.58. The molecule has 0 atom stereocenters. The molecule has 0 spiro atoms. The maximum atomic E-state index is 12.9. The zero-order valence-electron chi connectivity index (χ0n) is 8.55. The Balaban J connectivity index is 3.10. The van der Waals surface area contributed by atoms with Gasteiger partial charge in [-0.05, 0) is 12.1 Å². The Bertz CT molecular complexity index is 559. The molecule has 0 bridgehead atoms. The molecule has 1 rings (SSSR count). The van der Waals surface area contributed by atoms with E-state index in [4.69, 9.17) is 17.3 Å². The summed E-state index contributed by atoms with van der Waals surface area (Å²) in [4.78, 5) is -0.715. The van der Waals surface area contributed by atoms with Crippen molar-refractivity contribution in [3.63, 3.8) is 0 Å². The maximum absolute atomic E-state index is 12.9. The van der Waals surface area contributed by atoms with E-state index < -0.39 is 44.2 Å². The summed E-state index contributed by atoms with van der Waals surface area (Å²) in [5, 5.41) is -0.559. The summed E-state index contributed by atoms with van der Waals surface area (Å²) in [6, 6.07) is 1.26. The molecular weight excluding hydrogens is 300 g/mol. The fourth-order valence-corrected chi connectivity index (χ4v) is 2.57. The smallest absolute Gasteiger partial charge is 0.396 e. The third-order valence-electron chi connectivity index (χ3n) is 1.80. The Labute approximate surface area is 105 Å². The van der Waals surface area contributed by atoms with Gasteiger partial charge in [0, 0.05) is 0 Å². The highest BCUT2D eigenvalue weighted by Crippen LogP contribution is 2.26. The topological polar surface area (TPSA) is 72.2 Å². The Morgan fingerprint density at radius 2 is 1.89 bits per heavy atom. The number of hydrogen-bond donors (Lipinski definition) is 2. The summed E-state index contributed by atoms with van der Waals surface area (Å²) < 4.78 is 72.9. The summed E-state index contributed by atoms with van der Waals surface area (Å²) in [5.74, 6) is -0.963. The molecule has 102 valence electrons. The van der Waals surface area contributed by atoms with Crippen molar-refractivity contribution in [3.8, 4) is 0 Å². The number of alkyl halides is 3. The number of rotatable bonds is 3. The molecule has 0 radical (unpaired) electrons. The highest BCUT2D eigenvalue weighted by molar-refractivity contribution is 7.89. The molecule has 1 aromatic carbocycles. The molecule has 3 N–H and O–H groups in total. The molecule has 18 heavy (non-hydrogen) atoms. The van der Waals surface area contributed by atoms with Crippen molar-refractivity contribution in [2.24, 2.45) is 0 Å². The average molecular weight is 307 g/mol. The lowest BCUT2D eigenvalue weighted by atomic mass is 10.3. The first-order valence-corrected chi connectivity index (χ1v) is 6.20. The van der Waals surface area contributed by atoms with E-state index in [2.05, 4.69) is 0 Å². The third kappa shape index (κ3) is 3.72. The second-order valence-electron chi connectivity index (χ2n) is 3.24. The molecule has 10 heteroatoms. The van der Waals surface area contributed by atoms with E-state index in [0.29, 0.717) is 12.1 Å². The standard InChI is InChI=1S/C8H7ClF4N2O2S/c9-4-1-5(10)6(14)2-7(4)18(16,17)15-3-8(11,12)13/h1-2,15H,3,14H2. The first kappa shape index (κ1) is 15.0. The van der Waals surface area contributed by atoms with Gasteiger partial charge in [-0.2, -0.15) is 13.2 Å². The van der Waals surface area contributed by atoms with Crippen LogP contribution in [0.2, 0.25) is 5.02 Å². The van der Waals surface area contributed by atoms with Gasteiger partial charge in [-0.1, -0.05) is 11.6 Å². The second kappa shape index (κ2) is 4.90. The van der Waals surface area contributed by atoms with Gasteiger partial charge >= 0.3 is 6.18 Å². The van der Waals surface area contributed by atoms with Crippen LogP contribution < -0.4 is 10.5 Å². The van der Waals surface area contributed by atoms with Crippen LogP contribution in [-0.2, 0) is 10.0 Å². The average Bonchev–Trinajstić information content (AvgIpc) is 2.19. The van der Waals surface area contributed by atoms with Gasteiger partial charge in [0.25, 0.3) is 0 Å². The van der Waals surface area contributed by atoms with Gasteiger partial charge in [0.15, 0.2) is 0 Å². The van der Waals surface area contributed by atoms with Gasteiger partial charge in [0.2, 0.25) is 10.0 Å². The van der Waals surface area contributed by atoms with Gasteiger partial charge in [-0.3, -0.25) is 0 Å². The van der Waals surface area contributed by atoms with Crippen LogP contribution in [0.25, 0.3) is 0 Å². The highest BCUT2D eigenvalue weighted by atomic mass is 35.5. The van der Waals surface area contributed by atoms with Crippen molar-refractivity contribution in [3.05, 3.63) is 23.0 Å². The van der Waals surface area contributed by atoms with Crippen molar-refractivity contribution in [1.82, 2.24) is 4.72 Å². The highest BCUT2D eigenvalue weighted by Gasteiger charge is 2.31. The number of nitrogens with one attached hydrogen (secondary N) is 1. The fourth-order valence-electron chi connectivity index (χ4n) is 1.01. The summed E-state index contributed by atoms with van der Waals surface area (Å²) >= 11 is 5.44. The summed E-state index contributed by atoms with van der Waals surface area (Å²) in [7, 11) is -4.51. The summed E-state index contributed by atoms with van der Waals surface area (Å²) in [6.07, 6.45) is -4.72. The molecule has 0 aliphatic heterocycles. The maximum Gasteiger partial charge on any atom is 0.402 e. The zero-order chi connectivity index (χ0) is 14.1. The number of nitrogens with two attached hydrogens (primary N) is 1. The quantitative estimate of drug-likeness (QED) is 0.662. The molecule has 0 saturated heterocycles. The third-order valence-corrected chi connectivity index (χ3v) is 3.67. The second-order valence-corrected chi connectivity index (χ2v) is 5.39. The molecule has 0 aliphatic carbocycles. The van der Waals surface area contributed by atoms with Crippen LogP contribution in [0.1, 0.15) is 0 Å². The van der Waals surface area contributed by atoms with Crippen molar-refractivity contribution in [2.45, 2.75) is 11.1 Å². The predicted octanol–water partition coefficient (Wildman–Crippen LogP) is 1.90. The Morgan fingerprint density at radius 1 is 1.33 bits per heavy atom. The minimum absolute atomic E-state index is 0.535. The van der Waals surface area contributed by atoms with Gasteiger partial charge in [-0.15, -0.1) is 0 Å². The fraction of sp³-hybridized carbons (Fsp3) is 0.250. The van der Waals surface area contributed by atoms with E-state index in [-0.39, 0.29) is 0 Å². The Kier molecular flexibility index (Phi) is 4.08. The summed E-state index contributed by atoms with van der Waals surface area (Å²) in [6.45, 7) is -1.76. The molecule has 0 heterocycles.